The maximum Gasteiger partial charge on any atom is 0.343 e. The number of ether oxygens (including phenoxy) is 8. The monoisotopic (exact) mass is 716 g/mol. The van der Waals surface area contributed by atoms with Crippen LogP contribution in [0.2, 0.25) is 0 Å². The van der Waals surface area contributed by atoms with Crippen molar-refractivity contribution in [3.05, 3.63) is 96.1 Å². The molecule has 0 N–H and O–H groups in total. The molecule has 276 valence electrons. The summed E-state index contributed by atoms with van der Waals surface area (Å²) in [5.41, 5.74) is 0.384. The summed E-state index contributed by atoms with van der Waals surface area (Å²) in [4.78, 5) is 50.7. The van der Waals surface area contributed by atoms with Gasteiger partial charge < -0.3 is 37.9 Å². The molecule has 5 rings (SSSR count). The highest BCUT2D eigenvalue weighted by molar-refractivity contribution is 5.97. The van der Waals surface area contributed by atoms with Gasteiger partial charge in [0.05, 0.1) is 74.8 Å². The summed E-state index contributed by atoms with van der Waals surface area (Å²) in [7, 11) is 0. The Kier molecular flexibility index (Phi) is 13.0. The fraction of sp³-hybridized carbons (Fsp3) is 0.400. The first-order chi connectivity index (χ1) is 25.2. The highest BCUT2D eigenvalue weighted by atomic mass is 16.6. The second-order valence-corrected chi connectivity index (χ2v) is 13.0. The van der Waals surface area contributed by atoms with Crippen LogP contribution in [0.1, 0.15) is 70.6 Å². The number of benzene rings is 3. The summed E-state index contributed by atoms with van der Waals surface area (Å²) in [6.07, 6.45) is 3.78. The van der Waals surface area contributed by atoms with Gasteiger partial charge in [0.15, 0.2) is 0 Å². The molecule has 0 amide bonds. The van der Waals surface area contributed by atoms with Gasteiger partial charge in [-0.25, -0.2) is 19.2 Å². The summed E-state index contributed by atoms with van der Waals surface area (Å²) >= 11 is 0. The molecule has 3 aromatic rings. The molecule has 12 heteroatoms. The van der Waals surface area contributed by atoms with Crippen LogP contribution in [0.15, 0.2) is 79.4 Å². The Morgan fingerprint density at radius 3 is 1.60 bits per heavy atom. The predicted octanol–water partition coefficient (Wildman–Crippen LogP) is 6.40. The van der Waals surface area contributed by atoms with E-state index < -0.39 is 23.9 Å². The molecule has 0 spiro atoms. The zero-order chi connectivity index (χ0) is 37.0. The van der Waals surface area contributed by atoms with E-state index in [9.17, 15) is 19.2 Å². The number of hydrogen-bond donors (Lipinski definition) is 0. The lowest BCUT2D eigenvalue weighted by molar-refractivity contribution is -0.137. The number of hydrogen-bond acceptors (Lipinski definition) is 12. The fourth-order valence-corrected chi connectivity index (χ4v) is 5.23. The smallest absolute Gasteiger partial charge is 0.343 e. The van der Waals surface area contributed by atoms with Gasteiger partial charge in [-0.05, 0) is 92.4 Å². The minimum absolute atomic E-state index is 0.00437. The van der Waals surface area contributed by atoms with Crippen LogP contribution in [0.25, 0.3) is 0 Å². The van der Waals surface area contributed by atoms with Gasteiger partial charge in [-0.2, -0.15) is 0 Å². The highest BCUT2D eigenvalue weighted by Crippen LogP contribution is 2.33. The Bertz CT molecular complexity index is 1690. The second-order valence-electron chi connectivity index (χ2n) is 13.0. The van der Waals surface area contributed by atoms with E-state index in [1.807, 2.05) is 0 Å². The van der Waals surface area contributed by atoms with Crippen molar-refractivity contribution in [2.75, 3.05) is 52.9 Å². The molecule has 3 aromatic carbocycles. The van der Waals surface area contributed by atoms with Crippen LogP contribution in [0, 0.1) is 10.8 Å². The number of carbonyl (C=O) groups is 4. The zero-order valence-corrected chi connectivity index (χ0v) is 29.5. The lowest BCUT2D eigenvalue weighted by atomic mass is 9.84. The van der Waals surface area contributed by atoms with Gasteiger partial charge in [-0.3, -0.25) is 0 Å². The van der Waals surface area contributed by atoms with Crippen LogP contribution in [-0.2, 0) is 23.7 Å². The zero-order valence-electron chi connectivity index (χ0n) is 29.5. The van der Waals surface area contributed by atoms with Crippen molar-refractivity contribution >= 4 is 23.9 Å². The van der Waals surface area contributed by atoms with Crippen LogP contribution >= 0.6 is 0 Å². The summed E-state index contributed by atoms with van der Waals surface area (Å²) < 4.78 is 44.1. The normalized spacial score (nSPS) is 15.2. The van der Waals surface area contributed by atoms with Gasteiger partial charge in [0, 0.05) is 6.08 Å². The molecule has 2 saturated heterocycles. The van der Waals surface area contributed by atoms with Crippen molar-refractivity contribution in [3.8, 4) is 23.0 Å². The number of rotatable bonds is 19. The highest BCUT2D eigenvalue weighted by Gasteiger charge is 2.38. The molecular formula is C40H44O12. The van der Waals surface area contributed by atoms with E-state index in [2.05, 4.69) is 20.4 Å². The molecule has 0 unspecified atom stereocenters. The molecule has 2 aliphatic heterocycles. The average Bonchev–Trinajstić information content (AvgIpc) is 3.13. The lowest BCUT2D eigenvalue weighted by Crippen LogP contribution is -2.46. The number of esters is 4. The lowest BCUT2D eigenvalue weighted by Gasteiger charge is -2.40. The van der Waals surface area contributed by atoms with Gasteiger partial charge in [-0.15, -0.1) is 0 Å². The van der Waals surface area contributed by atoms with Crippen molar-refractivity contribution in [3.63, 3.8) is 0 Å². The molecule has 52 heavy (non-hydrogen) atoms. The molecule has 0 aliphatic carbocycles. The van der Waals surface area contributed by atoms with Gasteiger partial charge in [0.25, 0.3) is 0 Å². The van der Waals surface area contributed by atoms with Crippen molar-refractivity contribution in [2.45, 2.75) is 39.5 Å². The SMILES string of the molecule is C=CC(=O)OCCCCOC(=O)c1cc(OC(=O)c2ccc(OCC3(CC)COC3)cc2)ccc1OC(=O)c1ccc(OCC2(CC)COC2)cc1. The Morgan fingerprint density at radius 2 is 1.13 bits per heavy atom. The largest absolute Gasteiger partial charge is 0.493 e. The summed E-state index contributed by atoms with van der Waals surface area (Å²) in [5.74, 6) is -1.58. The molecular weight excluding hydrogens is 672 g/mol. The van der Waals surface area contributed by atoms with E-state index >= 15 is 0 Å². The van der Waals surface area contributed by atoms with E-state index in [-0.39, 0.29) is 52.2 Å². The third-order valence-corrected chi connectivity index (χ3v) is 9.17. The van der Waals surface area contributed by atoms with Crippen molar-refractivity contribution in [2.24, 2.45) is 10.8 Å². The number of unbranched alkanes of at least 4 members (excludes halogenated alkanes) is 1. The van der Waals surface area contributed by atoms with Crippen molar-refractivity contribution in [1.82, 2.24) is 0 Å². The van der Waals surface area contributed by atoms with Crippen LogP contribution < -0.4 is 18.9 Å². The van der Waals surface area contributed by atoms with E-state index in [1.54, 1.807) is 48.5 Å². The van der Waals surface area contributed by atoms with Gasteiger partial charge >= 0.3 is 23.9 Å². The third kappa shape index (κ3) is 9.98. The third-order valence-electron chi connectivity index (χ3n) is 9.17. The summed E-state index contributed by atoms with van der Waals surface area (Å²) in [6, 6.07) is 17.1. The van der Waals surface area contributed by atoms with E-state index in [4.69, 9.17) is 37.9 Å². The van der Waals surface area contributed by atoms with E-state index in [0.717, 1.165) is 18.9 Å². The van der Waals surface area contributed by atoms with Crippen LogP contribution in [-0.4, -0.2) is 76.7 Å². The first kappa shape index (κ1) is 38.0. The second kappa shape index (κ2) is 17.8. The molecule has 0 bridgehead atoms. The van der Waals surface area contributed by atoms with Crippen LogP contribution in [0.4, 0.5) is 0 Å². The Morgan fingerprint density at radius 1 is 0.654 bits per heavy atom. The topological polar surface area (TPSA) is 142 Å². The molecule has 2 heterocycles. The Hall–Kier alpha value is -5.20. The molecule has 2 aliphatic rings. The first-order valence-corrected chi connectivity index (χ1v) is 17.3. The maximum atomic E-state index is 13.2. The molecule has 0 atom stereocenters. The average molecular weight is 717 g/mol. The van der Waals surface area contributed by atoms with Gasteiger partial charge in [0.1, 0.15) is 28.6 Å². The summed E-state index contributed by atoms with van der Waals surface area (Å²) in [6.45, 7) is 11.3. The van der Waals surface area contributed by atoms with Crippen LogP contribution in [0.5, 0.6) is 23.0 Å². The molecule has 12 nitrogen and oxygen atoms in total. The van der Waals surface area contributed by atoms with Crippen molar-refractivity contribution < 1.29 is 57.1 Å². The molecule has 0 radical (unpaired) electrons. The number of carbonyl (C=O) groups excluding carboxylic acids is 4. The quantitative estimate of drug-likeness (QED) is 0.0586. The predicted molar refractivity (Wildman–Crippen MR) is 188 cm³/mol. The Balaban J connectivity index is 1.23. The van der Waals surface area contributed by atoms with Crippen molar-refractivity contribution in [1.29, 1.82) is 0 Å². The van der Waals surface area contributed by atoms with E-state index in [0.29, 0.717) is 64.0 Å². The standard InChI is InChI=1S/C40H44O12/c1-4-35(41)47-19-7-8-20-48-38(44)33-21-32(51-36(42)28-9-13-30(14-10-28)49-26-39(5-2)22-45-23-39)17-18-34(33)52-37(43)29-11-15-31(16-12-29)50-27-40(6-3)24-46-25-40/h4,9-18,21H,1,5-8,19-20,22-27H2,2-3H3. The van der Waals surface area contributed by atoms with Crippen LogP contribution in [0.3, 0.4) is 0 Å². The fourth-order valence-electron chi connectivity index (χ4n) is 5.23. The van der Waals surface area contributed by atoms with Gasteiger partial charge in [-0.1, -0.05) is 20.4 Å². The maximum absolute atomic E-state index is 13.2. The molecule has 0 aromatic heterocycles. The molecule has 2 fully saturated rings. The van der Waals surface area contributed by atoms with E-state index in [1.165, 1.54) is 18.2 Å². The summed E-state index contributed by atoms with van der Waals surface area (Å²) in [5, 5.41) is 0. The first-order valence-electron chi connectivity index (χ1n) is 17.3. The minimum atomic E-state index is -0.805. The molecule has 0 saturated carbocycles. The van der Waals surface area contributed by atoms with Gasteiger partial charge in [0.2, 0.25) is 0 Å². The Labute approximate surface area is 302 Å². The minimum Gasteiger partial charge on any atom is -0.493 e.